The highest BCUT2D eigenvalue weighted by atomic mass is 127. The molecule has 0 atom stereocenters. The summed E-state index contributed by atoms with van der Waals surface area (Å²) in [5.74, 6) is 0.925. The first-order chi connectivity index (χ1) is 9.11. The van der Waals surface area contributed by atoms with E-state index in [9.17, 15) is 0 Å². The van der Waals surface area contributed by atoms with Crippen molar-refractivity contribution < 1.29 is 4.74 Å². The number of benzene rings is 1. The van der Waals surface area contributed by atoms with Crippen LogP contribution in [0, 0.1) is 17.4 Å². The summed E-state index contributed by atoms with van der Waals surface area (Å²) in [5.41, 5.74) is 4.28. The van der Waals surface area contributed by atoms with Crippen molar-refractivity contribution in [3.63, 3.8) is 0 Å². The fraction of sp³-hybridized carbons (Fsp3) is 0.267. The minimum atomic E-state index is 0.697. The van der Waals surface area contributed by atoms with E-state index in [1.807, 2.05) is 20.0 Å². The fourth-order valence-electron chi connectivity index (χ4n) is 2.00. The molecule has 0 radical (unpaired) electrons. The summed E-state index contributed by atoms with van der Waals surface area (Å²) in [4.78, 5) is 4.48. The first kappa shape index (κ1) is 14.1. The minimum Gasteiger partial charge on any atom is -0.496 e. The van der Waals surface area contributed by atoms with Crippen molar-refractivity contribution in [2.45, 2.75) is 20.4 Å². The Balaban J connectivity index is 2.13. The third-order valence-corrected chi connectivity index (χ3v) is 3.77. The van der Waals surface area contributed by atoms with Gasteiger partial charge in [-0.3, -0.25) is 4.98 Å². The van der Waals surface area contributed by atoms with Gasteiger partial charge in [-0.25, -0.2) is 0 Å². The van der Waals surface area contributed by atoms with Crippen LogP contribution >= 0.6 is 22.6 Å². The topological polar surface area (TPSA) is 34.1 Å². The number of nitrogens with zero attached hydrogens (tertiary/aromatic N) is 1. The maximum Gasteiger partial charge on any atom is 0.128 e. The molecule has 1 aromatic carbocycles. The van der Waals surface area contributed by atoms with Crippen LogP contribution in [-0.2, 0) is 6.54 Å². The number of nitrogens with one attached hydrogen (secondary N) is 1. The number of anilines is 1. The van der Waals surface area contributed by atoms with Crippen molar-refractivity contribution in [3.8, 4) is 5.75 Å². The second-order valence-corrected chi connectivity index (χ2v) is 5.65. The quantitative estimate of drug-likeness (QED) is 0.831. The highest BCUT2D eigenvalue weighted by Crippen LogP contribution is 2.24. The van der Waals surface area contributed by atoms with E-state index in [-0.39, 0.29) is 0 Å². The molecule has 3 nitrogen and oxygen atoms in total. The van der Waals surface area contributed by atoms with Crippen LogP contribution in [-0.4, -0.2) is 12.1 Å². The van der Waals surface area contributed by atoms with E-state index in [1.165, 1.54) is 3.57 Å². The summed E-state index contributed by atoms with van der Waals surface area (Å²) in [5, 5.41) is 3.38. The summed E-state index contributed by atoms with van der Waals surface area (Å²) < 4.78 is 6.65. The average Bonchev–Trinajstić information content (AvgIpc) is 2.40. The number of ether oxygens (including phenoxy) is 1. The molecule has 0 aliphatic heterocycles. The molecule has 0 amide bonds. The minimum absolute atomic E-state index is 0.697. The van der Waals surface area contributed by atoms with Crippen molar-refractivity contribution in [1.82, 2.24) is 4.98 Å². The predicted molar refractivity (Wildman–Crippen MR) is 86.7 cm³/mol. The largest absolute Gasteiger partial charge is 0.496 e. The molecule has 19 heavy (non-hydrogen) atoms. The van der Waals surface area contributed by atoms with E-state index in [0.717, 1.165) is 28.3 Å². The molecular weight excluding hydrogens is 351 g/mol. The first-order valence-electron chi connectivity index (χ1n) is 6.10. The van der Waals surface area contributed by atoms with Gasteiger partial charge in [0, 0.05) is 26.6 Å². The van der Waals surface area contributed by atoms with Crippen LogP contribution in [0.15, 0.2) is 30.5 Å². The summed E-state index contributed by atoms with van der Waals surface area (Å²) in [6, 6.07) is 8.31. The number of aryl methyl sites for hydroxylation is 1. The molecule has 0 aliphatic rings. The van der Waals surface area contributed by atoms with Gasteiger partial charge in [-0.05, 0) is 60.7 Å². The Hall–Kier alpha value is -1.30. The van der Waals surface area contributed by atoms with Crippen molar-refractivity contribution in [3.05, 3.63) is 50.9 Å². The summed E-state index contributed by atoms with van der Waals surface area (Å²) in [6.07, 6.45) is 1.86. The van der Waals surface area contributed by atoms with E-state index in [1.54, 1.807) is 7.11 Å². The van der Waals surface area contributed by atoms with Gasteiger partial charge in [0.15, 0.2) is 0 Å². The number of hydrogen-bond acceptors (Lipinski definition) is 3. The predicted octanol–water partition coefficient (Wildman–Crippen LogP) is 3.92. The van der Waals surface area contributed by atoms with Gasteiger partial charge in [0.25, 0.3) is 0 Å². The molecule has 0 aliphatic carbocycles. The van der Waals surface area contributed by atoms with Gasteiger partial charge in [0.1, 0.15) is 5.75 Å². The summed E-state index contributed by atoms with van der Waals surface area (Å²) >= 11 is 2.30. The van der Waals surface area contributed by atoms with Gasteiger partial charge in [-0.1, -0.05) is 0 Å². The fourth-order valence-corrected chi connectivity index (χ4v) is 2.36. The molecule has 1 N–H and O–H groups in total. The maximum absolute atomic E-state index is 5.42. The molecule has 1 heterocycles. The molecule has 1 aromatic heterocycles. The summed E-state index contributed by atoms with van der Waals surface area (Å²) in [7, 11) is 1.70. The molecule has 0 unspecified atom stereocenters. The van der Waals surface area contributed by atoms with Gasteiger partial charge >= 0.3 is 0 Å². The highest BCUT2D eigenvalue weighted by molar-refractivity contribution is 14.1. The van der Waals surface area contributed by atoms with Crippen LogP contribution in [0.3, 0.4) is 0 Å². The zero-order chi connectivity index (χ0) is 13.8. The van der Waals surface area contributed by atoms with Gasteiger partial charge < -0.3 is 10.1 Å². The standard InChI is InChI=1S/C15H17IN2O/c1-10-8-18-14(11(2)15(10)19-3)9-17-13-6-4-12(16)5-7-13/h4-8,17H,9H2,1-3H3. The van der Waals surface area contributed by atoms with Crippen LogP contribution in [0.1, 0.15) is 16.8 Å². The highest BCUT2D eigenvalue weighted by Gasteiger charge is 2.08. The van der Waals surface area contributed by atoms with Gasteiger partial charge in [0.05, 0.1) is 19.3 Å². The molecule has 0 saturated carbocycles. The molecule has 4 heteroatoms. The molecule has 100 valence electrons. The molecule has 2 rings (SSSR count). The van der Waals surface area contributed by atoms with Crippen LogP contribution in [0.25, 0.3) is 0 Å². The normalized spacial score (nSPS) is 10.3. The SMILES string of the molecule is COc1c(C)cnc(CNc2ccc(I)cc2)c1C. The van der Waals surface area contributed by atoms with E-state index < -0.39 is 0 Å². The zero-order valence-electron chi connectivity index (χ0n) is 11.3. The second-order valence-electron chi connectivity index (χ2n) is 4.41. The third kappa shape index (κ3) is 3.37. The number of pyridine rings is 1. The molecule has 0 spiro atoms. The van der Waals surface area contributed by atoms with Gasteiger partial charge in [0.2, 0.25) is 0 Å². The van der Waals surface area contributed by atoms with Crippen LogP contribution < -0.4 is 10.1 Å². The number of aromatic nitrogens is 1. The van der Waals surface area contributed by atoms with Crippen molar-refractivity contribution in [1.29, 1.82) is 0 Å². The second kappa shape index (κ2) is 6.23. The Labute approximate surface area is 127 Å². The lowest BCUT2D eigenvalue weighted by atomic mass is 10.1. The molecule has 2 aromatic rings. The first-order valence-corrected chi connectivity index (χ1v) is 7.18. The monoisotopic (exact) mass is 368 g/mol. The van der Waals surface area contributed by atoms with Crippen molar-refractivity contribution >= 4 is 28.3 Å². The maximum atomic E-state index is 5.42. The number of halogens is 1. The van der Waals surface area contributed by atoms with E-state index in [4.69, 9.17) is 4.74 Å². The smallest absolute Gasteiger partial charge is 0.128 e. The number of hydrogen-bond donors (Lipinski definition) is 1. The Bertz CT molecular complexity index is 567. The third-order valence-electron chi connectivity index (χ3n) is 3.05. The molecule has 0 bridgehead atoms. The average molecular weight is 368 g/mol. The Morgan fingerprint density at radius 2 is 1.89 bits per heavy atom. The van der Waals surface area contributed by atoms with Crippen LogP contribution in [0.4, 0.5) is 5.69 Å². The lowest BCUT2D eigenvalue weighted by molar-refractivity contribution is 0.407. The Morgan fingerprint density at radius 3 is 2.53 bits per heavy atom. The number of rotatable bonds is 4. The molecule has 0 saturated heterocycles. The van der Waals surface area contributed by atoms with Gasteiger partial charge in [-0.2, -0.15) is 0 Å². The van der Waals surface area contributed by atoms with Crippen molar-refractivity contribution in [2.24, 2.45) is 0 Å². The zero-order valence-corrected chi connectivity index (χ0v) is 13.5. The van der Waals surface area contributed by atoms with Crippen LogP contribution in [0.5, 0.6) is 5.75 Å². The lowest BCUT2D eigenvalue weighted by Crippen LogP contribution is -2.06. The van der Waals surface area contributed by atoms with Gasteiger partial charge in [-0.15, -0.1) is 0 Å². The van der Waals surface area contributed by atoms with E-state index in [0.29, 0.717) is 6.54 Å². The molecule has 0 fully saturated rings. The summed E-state index contributed by atoms with van der Waals surface area (Å²) in [6.45, 7) is 4.75. The van der Waals surface area contributed by atoms with Crippen LogP contribution in [0.2, 0.25) is 0 Å². The lowest BCUT2D eigenvalue weighted by Gasteiger charge is -2.13. The van der Waals surface area contributed by atoms with E-state index in [2.05, 4.69) is 57.2 Å². The Kier molecular flexibility index (Phi) is 4.63. The molecular formula is C15H17IN2O. The number of methoxy groups -OCH3 is 1. The van der Waals surface area contributed by atoms with E-state index >= 15 is 0 Å². The van der Waals surface area contributed by atoms with Crippen molar-refractivity contribution in [2.75, 3.05) is 12.4 Å². The Morgan fingerprint density at radius 1 is 1.21 bits per heavy atom.